The number of aliphatic hydroxyl groups excluding tert-OH is 1. The topological polar surface area (TPSA) is 159 Å². The third-order valence-corrected chi connectivity index (χ3v) is 3.22. The van der Waals surface area contributed by atoms with Gasteiger partial charge in [0.05, 0.1) is 31.5 Å². The van der Waals surface area contributed by atoms with Crippen molar-refractivity contribution in [2.24, 2.45) is 0 Å². The predicted molar refractivity (Wildman–Crippen MR) is 56.3 cm³/mol. The summed E-state index contributed by atoms with van der Waals surface area (Å²) in [7, 11) is -9.06. The number of hydrogen-bond donors (Lipinski definition) is 4. The van der Waals surface area contributed by atoms with Crippen LogP contribution in [0.4, 0.5) is 0 Å². The molecule has 0 aromatic carbocycles. The average Bonchev–Trinajstić information content (AvgIpc) is 2.15. The molecular weight excluding hydrogens is 294 g/mol. The highest BCUT2D eigenvalue weighted by molar-refractivity contribution is 7.83. The van der Waals surface area contributed by atoms with Gasteiger partial charge in [0.25, 0.3) is 0 Å². The Labute approximate surface area is 104 Å². The van der Waals surface area contributed by atoms with Crippen LogP contribution in [-0.2, 0) is 29.6 Å². The van der Waals surface area contributed by atoms with Crippen LogP contribution < -0.4 is 4.72 Å². The summed E-state index contributed by atoms with van der Waals surface area (Å²) in [4.78, 5) is 0. The zero-order valence-corrected chi connectivity index (χ0v) is 10.6. The summed E-state index contributed by atoms with van der Waals surface area (Å²) in [5, 5.41) is 9.55. The number of aliphatic hydroxyl groups is 1. The van der Waals surface area contributed by atoms with Gasteiger partial charge in [0.15, 0.2) is 0 Å². The summed E-state index contributed by atoms with van der Waals surface area (Å²) in [5.41, 5.74) is 0. The number of hydrogen-bond acceptors (Lipinski definition) is 7. The van der Waals surface area contributed by atoms with E-state index in [2.05, 4.69) is 4.18 Å². The van der Waals surface area contributed by atoms with E-state index in [4.69, 9.17) is 13.8 Å². The van der Waals surface area contributed by atoms with Crippen molar-refractivity contribution in [2.45, 2.75) is 24.7 Å². The standard InChI is InChI=1S/C6H13NO9S2/c8-6-1-4(2-16-18(12,13)14)15-3-5(6)7-17(9,10)11/h4-8H,1-3H2,(H,9,10,11)(H,12,13,14)/t4?,5-,6-/m1/s1. The van der Waals surface area contributed by atoms with Gasteiger partial charge in [-0.15, -0.1) is 0 Å². The van der Waals surface area contributed by atoms with Gasteiger partial charge in [0.1, 0.15) is 0 Å². The van der Waals surface area contributed by atoms with Crippen molar-refractivity contribution < 1.29 is 40.0 Å². The first-order valence-corrected chi connectivity index (χ1v) is 7.53. The molecular formula is C6H13NO9S2. The minimum absolute atomic E-state index is 0.122. The van der Waals surface area contributed by atoms with Crippen molar-refractivity contribution in [3.63, 3.8) is 0 Å². The highest BCUT2D eigenvalue weighted by Gasteiger charge is 2.32. The molecule has 4 N–H and O–H groups in total. The first-order chi connectivity index (χ1) is 8.07. The maximum Gasteiger partial charge on any atom is 0.397 e. The normalized spacial score (nSPS) is 30.3. The lowest BCUT2D eigenvalue weighted by Crippen LogP contribution is -2.52. The lowest BCUT2D eigenvalue weighted by atomic mass is 10.0. The molecule has 1 fully saturated rings. The fourth-order valence-corrected chi connectivity index (χ4v) is 2.37. The quantitative estimate of drug-likeness (QED) is 0.410. The van der Waals surface area contributed by atoms with E-state index in [0.29, 0.717) is 0 Å². The molecule has 1 heterocycles. The van der Waals surface area contributed by atoms with Gasteiger partial charge in [0.2, 0.25) is 0 Å². The van der Waals surface area contributed by atoms with Crippen LogP contribution >= 0.6 is 0 Å². The minimum atomic E-state index is -4.60. The summed E-state index contributed by atoms with van der Waals surface area (Å²) in [6, 6.07) is -1.04. The van der Waals surface area contributed by atoms with Gasteiger partial charge in [-0.05, 0) is 0 Å². The van der Waals surface area contributed by atoms with Gasteiger partial charge in [0, 0.05) is 6.42 Å². The lowest BCUT2D eigenvalue weighted by Gasteiger charge is -2.32. The van der Waals surface area contributed by atoms with E-state index in [1.165, 1.54) is 0 Å². The molecule has 3 atom stereocenters. The van der Waals surface area contributed by atoms with E-state index in [-0.39, 0.29) is 13.0 Å². The third-order valence-electron chi connectivity index (χ3n) is 2.18. The largest absolute Gasteiger partial charge is 0.397 e. The molecule has 10 nitrogen and oxygen atoms in total. The van der Waals surface area contributed by atoms with Gasteiger partial charge >= 0.3 is 20.7 Å². The molecule has 0 amide bonds. The molecule has 0 bridgehead atoms. The molecule has 0 spiro atoms. The van der Waals surface area contributed by atoms with Crippen molar-refractivity contribution in [1.82, 2.24) is 4.72 Å². The fraction of sp³-hybridized carbons (Fsp3) is 1.00. The highest BCUT2D eigenvalue weighted by Crippen LogP contribution is 2.16. The fourth-order valence-electron chi connectivity index (χ4n) is 1.43. The average molecular weight is 307 g/mol. The molecule has 0 aliphatic carbocycles. The van der Waals surface area contributed by atoms with Gasteiger partial charge < -0.3 is 9.84 Å². The molecule has 1 aliphatic rings. The molecule has 1 saturated heterocycles. The van der Waals surface area contributed by atoms with Gasteiger partial charge in [-0.25, -0.2) is 4.18 Å². The van der Waals surface area contributed by atoms with Crippen molar-refractivity contribution in [2.75, 3.05) is 13.2 Å². The Kier molecular flexibility index (Phi) is 5.02. The van der Waals surface area contributed by atoms with E-state index in [9.17, 15) is 21.9 Å². The summed E-state index contributed by atoms with van der Waals surface area (Å²) in [5.74, 6) is 0. The van der Waals surface area contributed by atoms with Crippen molar-refractivity contribution in [3.8, 4) is 0 Å². The molecule has 108 valence electrons. The van der Waals surface area contributed by atoms with Gasteiger partial charge in [-0.3, -0.25) is 9.11 Å². The van der Waals surface area contributed by atoms with Gasteiger partial charge in [-0.1, -0.05) is 0 Å². The van der Waals surface area contributed by atoms with Crippen molar-refractivity contribution in [3.05, 3.63) is 0 Å². The molecule has 12 heteroatoms. The van der Waals surface area contributed by atoms with Gasteiger partial charge in [-0.2, -0.15) is 21.6 Å². The Morgan fingerprint density at radius 1 is 1.28 bits per heavy atom. The van der Waals surface area contributed by atoms with Crippen LogP contribution in [0, 0.1) is 0 Å². The van der Waals surface area contributed by atoms with Crippen molar-refractivity contribution >= 4 is 20.7 Å². The molecule has 1 rings (SSSR count). The zero-order chi connectivity index (χ0) is 14.0. The first kappa shape index (κ1) is 15.7. The molecule has 1 unspecified atom stereocenters. The Morgan fingerprint density at radius 3 is 2.33 bits per heavy atom. The van der Waals surface area contributed by atoms with E-state index in [1.807, 2.05) is 0 Å². The Balaban J connectivity index is 2.46. The van der Waals surface area contributed by atoms with E-state index >= 15 is 0 Å². The second-order valence-electron chi connectivity index (χ2n) is 3.67. The van der Waals surface area contributed by atoms with E-state index < -0.39 is 45.6 Å². The summed E-state index contributed by atoms with van der Waals surface area (Å²) >= 11 is 0. The number of rotatable bonds is 5. The molecule has 18 heavy (non-hydrogen) atoms. The van der Waals surface area contributed by atoms with E-state index in [0.717, 1.165) is 0 Å². The second kappa shape index (κ2) is 5.75. The minimum Gasteiger partial charge on any atom is -0.391 e. The van der Waals surface area contributed by atoms with Crippen LogP contribution in [0.5, 0.6) is 0 Å². The molecule has 0 aromatic heterocycles. The van der Waals surface area contributed by atoms with Crippen LogP contribution in [0.3, 0.4) is 0 Å². The predicted octanol–water partition coefficient (Wildman–Crippen LogP) is -2.28. The summed E-state index contributed by atoms with van der Waals surface area (Å²) < 4.78 is 69.3. The van der Waals surface area contributed by atoms with Crippen LogP contribution in [0.2, 0.25) is 0 Å². The number of ether oxygens (including phenoxy) is 1. The smallest absolute Gasteiger partial charge is 0.391 e. The van der Waals surface area contributed by atoms with Crippen molar-refractivity contribution in [1.29, 1.82) is 0 Å². The highest BCUT2D eigenvalue weighted by atomic mass is 32.3. The SMILES string of the molecule is O=S(=O)(O)N[C@@H]1COC(COS(=O)(=O)O)C[C@H]1O. The Hall–Kier alpha value is -0.340. The first-order valence-electron chi connectivity index (χ1n) is 4.73. The van der Waals surface area contributed by atoms with Crippen LogP contribution in [0.25, 0.3) is 0 Å². The Bertz CT molecular complexity index is 471. The summed E-state index contributed by atoms with van der Waals surface area (Å²) in [6.45, 7) is -0.783. The van der Waals surface area contributed by atoms with Crippen LogP contribution in [0.15, 0.2) is 0 Å². The maximum atomic E-state index is 10.5. The monoisotopic (exact) mass is 307 g/mol. The van der Waals surface area contributed by atoms with Crippen LogP contribution in [-0.4, -0.2) is 62.5 Å². The zero-order valence-electron chi connectivity index (χ0n) is 8.96. The molecule has 0 radical (unpaired) electrons. The third kappa shape index (κ3) is 6.01. The molecule has 0 saturated carbocycles. The maximum absolute atomic E-state index is 10.5. The van der Waals surface area contributed by atoms with Crippen LogP contribution in [0.1, 0.15) is 6.42 Å². The van der Waals surface area contributed by atoms with E-state index in [1.54, 1.807) is 4.72 Å². The second-order valence-corrected chi connectivity index (χ2v) is 5.95. The summed E-state index contributed by atoms with van der Waals surface area (Å²) in [6.07, 6.45) is -2.13. The molecule has 1 aliphatic heterocycles. The number of nitrogens with one attached hydrogen (secondary N) is 1. The lowest BCUT2D eigenvalue weighted by molar-refractivity contribution is -0.0758. The Morgan fingerprint density at radius 2 is 1.89 bits per heavy atom. The molecule has 0 aromatic rings.